The fourth-order valence-corrected chi connectivity index (χ4v) is 1.95. The largest absolute Gasteiger partial charge is 0.389 e. The number of piperazine rings is 1. The highest BCUT2D eigenvalue weighted by molar-refractivity contribution is 5.81. The highest BCUT2D eigenvalue weighted by atomic mass is 16.3. The molecule has 2 unspecified atom stereocenters. The van der Waals surface area contributed by atoms with Crippen LogP contribution in [0.4, 0.5) is 0 Å². The van der Waals surface area contributed by atoms with Crippen molar-refractivity contribution in [3.63, 3.8) is 0 Å². The zero-order chi connectivity index (χ0) is 13.1. The summed E-state index contributed by atoms with van der Waals surface area (Å²) in [7, 11) is 1.65. The normalized spacial score (nSPS) is 25.6. The van der Waals surface area contributed by atoms with Crippen molar-refractivity contribution in [3.05, 3.63) is 0 Å². The van der Waals surface area contributed by atoms with Gasteiger partial charge in [-0.05, 0) is 12.8 Å². The van der Waals surface area contributed by atoms with Gasteiger partial charge in [-0.1, -0.05) is 13.8 Å². The molecule has 0 aliphatic carbocycles. The number of hydrogen-bond acceptors (Lipinski definition) is 4. The number of nitrogens with one attached hydrogen (secondary N) is 2. The maximum Gasteiger partial charge on any atom is 0.238 e. The van der Waals surface area contributed by atoms with E-state index in [9.17, 15) is 9.90 Å². The molecule has 100 valence electrons. The summed E-state index contributed by atoms with van der Waals surface area (Å²) in [6.45, 7) is 8.66. The minimum absolute atomic E-state index is 0.0109. The molecule has 0 aromatic carbocycles. The van der Waals surface area contributed by atoms with Crippen LogP contribution in [-0.4, -0.2) is 60.8 Å². The van der Waals surface area contributed by atoms with Gasteiger partial charge in [-0.3, -0.25) is 9.69 Å². The summed E-state index contributed by atoms with van der Waals surface area (Å²) in [5, 5.41) is 16.2. The van der Waals surface area contributed by atoms with E-state index in [1.165, 1.54) is 0 Å². The number of nitrogens with zero attached hydrogens (tertiary/aromatic N) is 1. The Morgan fingerprint density at radius 3 is 2.82 bits per heavy atom. The Morgan fingerprint density at radius 2 is 2.29 bits per heavy atom. The first kappa shape index (κ1) is 14.4. The molecule has 5 nitrogen and oxygen atoms in total. The first-order valence-corrected chi connectivity index (χ1v) is 6.27. The maximum absolute atomic E-state index is 11.8. The molecular formula is C12H25N3O2. The first-order chi connectivity index (χ1) is 7.88. The van der Waals surface area contributed by atoms with Crippen LogP contribution < -0.4 is 10.6 Å². The third-order valence-electron chi connectivity index (χ3n) is 3.67. The highest BCUT2D eigenvalue weighted by Crippen LogP contribution is 2.19. The predicted molar refractivity (Wildman–Crippen MR) is 67.8 cm³/mol. The molecule has 0 saturated carbocycles. The fraction of sp³-hybridized carbons (Fsp3) is 0.917. The van der Waals surface area contributed by atoms with E-state index in [4.69, 9.17) is 0 Å². The molecule has 1 heterocycles. The van der Waals surface area contributed by atoms with Gasteiger partial charge in [-0.2, -0.15) is 0 Å². The summed E-state index contributed by atoms with van der Waals surface area (Å²) >= 11 is 0. The topological polar surface area (TPSA) is 64.6 Å². The number of β-amino-alcohol motifs (C(OH)–C–C–N with tert-alkyl or cyclic N) is 1. The summed E-state index contributed by atoms with van der Waals surface area (Å²) in [5.74, 6) is 0.180. The van der Waals surface area contributed by atoms with Crippen molar-refractivity contribution >= 4 is 5.91 Å². The molecule has 1 aliphatic rings. The van der Waals surface area contributed by atoms with Gasteiger partial charge in [0.05, 0.1) is 5.60 Å². The SMILES string of the molecule is CNC(=O)C1CNCCN1CC(C)(O)C(C)C. The van der Waals surface area contributed by atoms with Gasteiger partial charge in [0.15, 0.2) is 0 Å². The third-order valence-corrected chi connectivity index (χ3v) is 3.67. The Morgan fingerprint density at radius 1 is 1.65 bits per heavy atom. The quantitative estimate of drug-likeness (QED) is 0.618. The Hall–Kier alpha value is -0.650. The van der Waals surface area contributed by atoms with E-state index in [1.807, 2.05) is 20.8 Å². The molecule has 0 radical (unpaired) electrons. The number of amides is 1. The van der Waals surface area contributed by atoms with E-state index in [2.05, 4.69) is 15.5 Å². The second-order valence-electron chi connectivity index (χ2n) is 5.32. The van der Waals surface area contributed by atoms with E-state index in [0.717, 1.165) is 13.1 Å². The lowest BCUT2D eigenvalue weighted by Gasteiger charge is -2.40. The maximum atomic E-state index is 11.8. The van der Waals surface area contributed by atoms with Gasteiger partial charge >= 0.3 is 0 Å². The number of hydrogen-bond donors (Lipinski definition) is 3. The fourth-order valence-electron chi connectivity index (χ4n) is 1.95. The van der Waals surface area contributed by atoms with Crippen LogP contribution in [0, 0.1) is 5.92 Å². The number of rotatable bonds is 4. The Labute approximate surface area is 104 Å². The number of carbonyl (C=O) groups is 1. The summed E-state index contributed by atoms with van der Waals surface area (Å²) in [6, 6.07) is -0.182. The Balaban J connectivity index is 2.69. The van der Waals surface area contributed by atoms with Crippen molar-refractivity contribution in [1.82, 2.24) is 15.5 Å². The molecule has 1 aliphatic heterocycles. The lowest BCUT2D eigenvalue weighted by atomic mass is 9.91. The molecule has 2 atom stereocenters. The van der Waals surface area contributed by atoms with E-state index < -0.39 is 5.60 Å². The van der Waals surface area contributed by atoms with E-state index in [1.54, 1.807) is 7.05 Å². The van der Waals surface area contributed by atoms with Crippen molar-refractivity contribution in [2.75, 3.05) is 33.2 Å². The Kier molecular flexibility index (Phi) is 4.91. The molecule has 0 aromatic rings. The van der Waals surface area contributed by atoms with Crippen molar-refractivity contribution in [2.24, 2.45) is 5.92 Å². The molecule has 1 saturated heterocycles. The number of aliphatic hydroxyl groups is 1. The molecule has 1 fully saturated rings. The van der Waals surface area contributed by atoms with Crippen LogP contribution in [0.25, 0.3) is 0 Å². The molecular weight excluding hydrogens is 218 g/mol. The Bertz CT molecular complexity index is 266. The predicted octanol–water partition coefficient (Wildman–Crippen LogP) is -0.587. The summed E-state index contributed by atoms with van der Waals surface area (Å²) in [5.41, 5.74) is -0.760. The number of carbonyl (C=O) groups excluding carboxylic acids is 1. The van der Waals surface area contributed by atoms with Gasteiger partial charge in [0.25, 0.3) is 0 Å². The first-order valence-electron chi connectivity index (χ1n) is 6.27. The van der Waals surface area contributed by atoms with Crippen molar-refractivity contribution in [1.29, 1.82) is 0 Å². The zero-order valence-electron chi connectivity index (χ0n) is 11.3. The van der Waals surface area contributed by atoms with Gasteiger partial charge in [-0.15, -0.1) is 0 Å². The van der Waals surface area contributed by atoms with Crippen LogP contribution in [0.5, 0.6) is 0 Å². The van der Waals surface area contributed by atoms with E-state index in [-0.39, 0.29) is 17.9 Å². The van der Waals surface area contributed by atoms with Crippen LogP contribution in [0.3, 0.4) is 0 Å². The monoisotopic (exact) mass is 243 g/mol. The average molecular weight is 243 g/mol. The molecule has 0 bridgehead atoms. The second-order valence-corrected chi connectivity index (χ2v) is 5.32. The van der Waals surface area contributed by atoms with Crippen molar-refractivity contribution in [2.45, 2.75) is 32.4 Å². The molecule has 1 rings (SSSR count). The second kappa shape index (κ2) is 5.80. The van der Waals surface area contributed by atoms with Crippen LogP contribution in [0.15, 0.2) is 0 Å². The van der Waals surface area contributed by atoms with Gasteiger partial charge in [0, 0.05) is 33.2 Å². The summed E-state index contributed by atoms with van der Waals surface area (Å²) in [6.07, 6.45) is 0. The summed E-state index contributed by atoms with van der Waals surface area (Å²) < 4.78 is 0. The minimum Gasteiger partial charge on any atom is -0.389 e. The molecule has 3 N–H and O–H groups in total. The molecule has 5 heteroatoms. The van der Waals surface area contributed by atoms with Crippen LogP contribution in [-0.2, 0) is 4.79 Å². The van der Waals surface area contributed by atoms with E-state index in [0.29, 0.717) is 13.1 Å². The lowest BCUT2D eigenvalue weighted by molar-refractivity contribution is -0.128. The van der Waals surface area contributed by atoms with Gasteiger partial charge < -0.3 is 15.7 Å². The lowest BCUT2D eigenvalue weighted by Crippen LogP contribution is -2.61. The number of likely N-dealkylation sites (N-methyl/N-ethyl adjacent to an activating group) is 1. The zero-order valence-corrected chi connectivity index (χ0v) is 11.3. The van der Waals surface area contributed by atoms with Gasteiger partial charge in [0.1, 0.15) is 6.04 Å². The summed E-state index contributed by atoms with van der Waals surface area (Å²) in [4.78, 5) is 13.8. The highest BCUT2D eigenvalue weighted by Gasteiger charge is 2.34. The van der Waals surface area contributed by atoms with Crippen LogP contribution in [0.1, 0.15) is 20.8 Å². The van der Waals surface area contributed by atoms with Gasteiger partial charge in [-0.25, -0.2) is 0 Å². The van der Waals surface area contributed by atoms with Crippen LogP contribution >= 0.6 is 0 Å². The third kappa shape index (κ3) is 3.66. The standard InChI is InChI=1S/C12H25N3O2/c1-9(2)12(3,17)8-15-6-5-14-7-10(15)11(16)13-4/h9-10,14,17H,5-8H2,1-4H3,(H,13,16). The molecule has 0 aromatic heterocycles. The van der Waals surface area contributed by atoms with Crippen molar-refractivity contribution in [3.8, 4) is 0 Å². The average Bonchev–Trinajstić information content (AvgIpc) is 2.28. The van der Waals surface area contributed by atoms with Crippen LogP contribution in [0.2, 0.25) is 0 Å². The molecule has 0 spiro atoms. The minimum atomic E-state index is -0.760. The van der Waals surface area contributed by atoms with Gasteiger partial charge in [0.2, 0.25) is 5.91 Å². The molecule has 1 amide bonds. The van der Waals surface area contributed by atoms with Crippen molar-refractivity contribution < 1.29 is 9.90 Å². The van der Waals surface area contributed by atoms with E-state index >= 15 is 0 Å². The smallest absolute Gasteiger partial charge is 0.238 e. The molecule has 17 heavy (non-hydrogen) atoms.